The standard InChI is InChI=1S/C55H47ClFN3O9/c1-28(2)46-49(48-36-12-7-8-29(36)14-20-42(48)56)51(53(65)66)60-50(46)38-23-32(57)24-43-47(38)31(27-59-43)9-6-11-33(61)10-4-3-5-21-58-52(64)30-13-17-39-37(22-30)54(67)69-55(39)40-18-15-34(62)25-44(40)68-45-26-35(63)16-19-41(45)55/h7,12-20,22-28,59-60,62-63H,3-6,8-11,21H2,1-2H3,(H,58,64)(H,65,66). The van der Waals surface area contributed by atoms with Crippen molar-refractivity contribution in [3.63, 3.8) is 0 Å². The van der Waals surface area contributed by atoms with Gasteiger partial charge in [0, 0.05) is 92.6 Å². The van der Waals surface area contributed by atoms with Crippen molar-refractivity contribution >= 4 is 52.2 Å². The van der Waals surface area contributed by atoms with E-state index in [-0.39, 0.29) is 57.4 Å². The molecule has 2 aromatic heterocycles. The maximum atomic E-state index is 15.4. The molecule has 0 saturated heterocycles. The maximum Gasteiger partial charge on any atom is 0.352 e. The number of aromatic nitrogens is 2. The number of amides is 1. The van der Waals surface area contributed by atoms with Crippen LogP contribution >= 0.6 is 11.6 Å². The summed E-state index contributed by atoms with van der Waals surface area (Å²) in [7, 11) is 0. The van der Waals surface area contributed by atoms with Crippen molar-refractivity contribution in [2.24, 2.45) is 0 Å². The summed E-state index contributed by atoms with van der Waals surface area (Å²) >= 11 is 6.84. The second kappa shape index (κ2) is 17.8. The number of aromatic carboxylic acids is 1. The number of ether oxygens (including phenoxy) is 2. The molecule has 4 heterocycles. The van der Waals surface area contributed by atoms with Crippen LogP contribution in [-0.2, 0) is 28.0 Å². The first-order valence-electron chi connectivity index (χ1n) is 23.0. The largest absolute Gasteiger partial charge is 0.508 e. The molecule has 10 rings (SSSR count). The molecular weight excluding hydrogens is 901 g/mol. The Morgan fingerprint density at radius 3 is 2.30 bits per heavy atom. The van der Waals surface area contributed by atoms with Crippen molar-refractivity contribution < 1.29 is 48.4 Å². The molecule has 0 unspecified atom stereocenters. The van der Waals surface area contributed by atoms with Crippen molar-refractivity contribution in [1.82, 2.24) is 15.3 Å². The van der Waals surface area contributed by atoms with E-state index in [9.17, 15) is 34.5 Å². The lowest BCUT2D eigenvalue weighted by Crippen LogP contribution is -2.33. The number of phenols is 2. The Hall–Kier alpha value is -7.64. The van der Waals surface area contributed by atoms with Crippen molar-refractivity contribution in [3.8, 4) is 45.4 Å². The first kappa shape index (κ1) is 45.2. The zero-order valence-electron chi connectivity index (χ0n) is 37.7. The van der Waals surface area contributed by atoms with Crippen LogP contribution in [-0.4, -0.2) is 55.5 Å². The molecule has 0 fully saturated rings. The van der Waals surface area contributed by atoms with Gasteiger partial charge in [-0.25, -0.2) is 14.0 Å². The molecule has 0 atom stereocenters. The molecular formula is C55H47ClFN3O9. The van der Waals surface area contributed by atoms with Crippen molar-refractivity contribution in [2.45, 2.75) is 76.7 Å². The zero-order chi connectivity index (χ0) is 48.3. The summed E-state index contributed by atoms with van der Waals surface area (Å²) in [5, 5.41) is 35.0. The van der Waals surface area contributed by atoms with Crippen molar-refractivity contribution in [2.75, 3.05) is 6.54 Å². The van der Waals surface area contributed by atoms with E-state index >= 15 is 4.39 Å². The summed E-state index contributed by atoms with van der Waals surface area (Å²) in [6.45, 7) is 4.32. The summed E-state index contributed by atoms with van der Waals surface area (Å²) in [5.74, 6) is -2.27. The van der Waals surface area contributed by atoms with Gasteiger partial charge in [-0.3, -0.25) is 9.59 Å². The van der Waals surface area contributed by atoms with Crippen LogP contribution in [0.4, 0.5) is 4.39 Å². The van der Waals surface area contributed by atoms with E-state index in [4.69, 9.17) is 21.1 Å². The Morgan fingerprint density at radius 1 is 0.855 bits per heavy atom. The number of aryl methyl sites for hydroxylation is 1. The third-order valence-electron chi connectivity index (χ3n) is 13.4. The topological polar surface area (TPSA) is 191 Å². The van der Waals surface area contributed by atoms with E-state index in [0.29, 0.717) is 108 Å². The van der Waals surface area contributed by atoms with E-state index < -0.39 is 23.4 Å². The number of aromatic amines is 2. The summed E-state index contributed by atoms with van der Waals surface area (Å²) in [6.07, 6.45) is 10.3. The number of benzene rings is 5. The van der Waals surface area contributed by atoms with Gasteiger partial charge in [0.05, 0.1) is 11.3 Å². The number of rotatable bonds is 15. The second-order valence-electron chi connectivity index (χ2n) is 18.2. The summed E-state index contributed by atoms with van der Waals surface area (Å²) in [5.41, 5.74) is 6.76. The average Bonchev–Trinajstić information content (AvgIpc) is 4.11. The van der Waals surface area contributed by atoms with Gasteiger partial charge in [0.15, 0.2) is 5.60 Å². The van der Waals surface area contributed by atoms with Gasteiger partial charge in [0.1, 0.15) is 40.3 Å². The van der Waals surface area contributed by atoms with Gasteiger partial charge >= 0.3 is 11.9 Å². The molecule has 12 nitrogen and oxygen atoms in total. The molecule has 7 aromatic rings. The Kier molecular flexibility index (Phi) is 11.6. The number of fused-ring (bicyclic) bond motifs is 8. The van der Waals surface area contributed by atoms with Crippen LogP contribution < -0.4 is 10.1 Å². The summed E-state index contributed by atoms with van der Waals surface area (Å²) < 4.78 is 27.5. The van der Waals surface area contributed by atoms with Crippen molar-refractivity contribution in [1.29, 1.82) is 0 Å². The van der Waals surface area contributed by atoms with Crippen LogP contribution in [0.3, 0.4) is 0 Å². The first-order valence-corrected chi connectivity index (χ1v) is 23.4. The number of hydrogen-bond donors (Lipinski definition) is 6. The molecule has 0 bridgehead atoms. The van der Waals surface area contributed by atoms with E-state index in [1.165, 1.54) is 42.5 Å². The first-order chi connectivity index (χ1) is 33.2. The van der Waals surface area contributed by atoms with Gasteiger partial charge in [0.2, 0.25) is 0 Å². The van der Waals surface area contributed by atoms with Gasteiger partial charge in [-0.2, -0.15) is 0 Å². The van der Waals surface area contributed by atoms with Crippen LogP contribution in [0, 0.1) is 5.82 Å². The molecule has 14 heteroatoms. The number of esters is 1. The van der Waals surface area contributed by atoms with E-state index in [2.05, 4.69) is 15.3 Å². The number of H-pyrrole nitrogens is 2. The predicted octanol–water partition coefficient (Wildman–Crippen LogP) is 11.9. The smallest absolute Gasteiger partial charge is 0.352 e. The van der Waals surface area contributed by atoms with Crippen LogP contribution in [0.1, 0.15) is 128 Å². The number of carbonyl (C=O) groups is 4. The summed E-state index contributed by atoms with van der Waals surface area (Å²) in [4.78, 5) is 59.1. The number of nitrogens with one attached hydrogen (secondary N) is 3. The van der Waals surface area contributed by atoms with E-state index in [1.807, 2.05) is 38.3 Å². The van der Waals surface area contributed by atoms with Gasteiger partial charge in [-0.15, -0.1) is 0 Å². The molecule has 6 N–H and O–H groups in total. The number of Topliss-reactive ketones (excluding diaryl/α,β-unsaturated/α-hetero) is 1. The predicted molar refractivity (Wildman–Crippen MR) is 259 cm³/mol. The number of hydrogen-bond acceptors (Lipinski definition) is 8. The molecule has 2 aliphatic heterocycles. The van der Waals surface area contributed by atoms with Gasteiger partial charge < -0.3 is 40.1 Å². The average molecular weight is 948 g/mol. The number of carboxylic acids is 1. The third kappa shape index (κ3) is 7.90. The number of ketones is 1. The zero-order valence-corrected chi connectivity index (χ0v) is 38.5. The fourth-order valence-corrected chi connectivity index (χ4v) is 10.6. The fraction of sp³-hybridized carbons (Fsp3) is 0.236. The maximum absolute atomic E-state index is 15.4. The van der Waals surface area contributed by atoms with E-state index in [1.54, 1.807) is 30.3 Å². The molecule has 350 valence electrons. The number of carboxylic acid groups (broad SMARTS) is 1. The number of allylic oxidation sites excluding steroid dienone is 1. The molecule has 5 aromatic carbocycles. The lowest BCUT2D eigenvalue weighted by Gasteiger charge is -2.36. The van der Waals surface area contributed by atoms with Crippen LogP contribution in [0.15, 0.2) is 91.1 Å². The highest BCUT2D eigenvalue weighted by molar-refractivity contribution is 6.34. The van der Waals surface area contributed by atoms with Crippen LogP contribution in [0.25, 0.3) is 39.4 Å². The highest BCUT2D eigenvalue weighted by atomic mass is 35.5. The second-order valence-corrected chi connectivity index (χ2v) is 18.6. The molecule has 1 amide bonds. The summed E-state index contributed by atoms with van der Waals surface area (Å²) in [6, 6.07) is 20.4. The Labute approximate surface area is 400 Å². The Balaban J connectivity index is 0.763. The minimum Gasteiger partial charge on any atom is -0.508 e. The van der Waals surface area contributed by atoms with Crippen molar-refractivity contribution in [3.05, 3.63) is 158 Å². The SMILES string of the molecule is CC(C)c1c(-c2cc(F)cc3[nH]cc(CCCC(=O)CCCCCNC(=O)c4ccc5c(c4)C(=O)OC54c5ccc(O)cc5Oc5cc(O)ccc54)c23)[nH]c(C(=O)O)c1-c1c(Cl)ccc2c1C=CC2. The number of phenolic OH excluding ortho intramolecular Hbond substituents is 2. The lowest BCUT2D eigenvalue weighted by molar-refractivity contribution is -0.119. The molecule has 3 aliphatic rings. The van der Waals surface area contributed by atoms with Crippen LogP contribution in [0.2, 0.25) is 5.02 Å². The minimum atomic E-state index is -1.43. The number of carbonyl (C=O) groups excluding carboxylic acids is 3. The normalized spacial score (nSPS) is 13.8. The number of aromatic hydroxyl groups is 2. The Bertz CT molecular complexity index is 3280. The monoisotopic (exact) mass is 947 g/mol. The highest BCUT2D eigenvalue weighted by Gasteiger charge is 2.54. The molecule has 1 aliphatic carbocycles. The number of unbranched alkanes of at least 4 members (excludes halogenated alkanes) is 2. The fourth-order valence-electron chi connectivity index (χ4n) is 10.4. The van der Waals surface area contributed by atoms with Gasteiger partial charge in [-0.05, 0) is 115 Å². The minimum absolute atomic E-state index is 0.0185. The van der Waals surface area contributed by atoms with Crippen LogP contribution in [0.5, 0.6) is 23.0 Å². The lowest BCUT2D eigenvalue weighted by atomic mass is 9.77. The molecule has 1 spiro atoms. The van der Waals surface area contributed by atoms with Gasteiger partial charge in [-0.1, -0.05) is 56.2 Å². The van der Waals surface area contributed by atoms with E-state index in [0.717, 1.165) is 27.6 Å². The van der Waals surface area contributed by atoms with Gasteiger partial charge in [0.25, 0.3) is 5.91 Å². The third-order valence-corrected chi connectivity index (χ3v) is 13.8. The Morgan fingerprint density at radius 2 is 1.58 bits per heavy atom. The highest BCUT2D eigenvalue weighted by Crippen LogP contribution is 2.57. The number of halogens is 2. The quantitative estimate of drug-likeness (QED) is 0.0429. The molecule has 69 heavy (non-hydrogen) atoms. The molecule has 0 radical (unpaired) electrons. The molecule has 0 saturated carbocycles.